The van der Waals surface area contributed by atoms with Crippen LogP contribution < -0.4 is 0 Å². The summed E-state index contributed by atoms with van der Waals surface area (Å²) >= 11 is 35.4. The van der Waals surface area contributed by atoms with Crippen molar-refractivity contribution in [2.75, 3.05) is 52.7 Å². The second kappa shape index (κ2) is 39.3. The van der Waals surface area contributed by atoms with Gasteiger partial charge in [-0.05, 0) is 99.8 Å². The summed E-state index contributed by atoms with van der Waals surface area (Å²) < 4.78 is 187. The molecule has 0 spiro atoms. The lowest BCUT2D eigenvalue weighted by Gasteiger charge is -2.22. The third-order valence-electron chi connectivity index (χ3n) is 20.2. The molecule has 0 saturated carbocycles. The van der Waals surface area contributed by atoms with Crippen LogP contribution in [0.5, 0.6) is 0 Å². The van der Waals surface area contributed by atoms with E-state index in [1.54, 1.807) is 58.3 Å². The zero-order valence-electron chi connectivity index (χ0n) is 64.1. The molecule has 0 aliphatic carbocycles. The van der Waals surface area contributed by atoms with Gasteiger partial charge < -0.3 is 81.9 Å². The fourth-order valence-electron chi connectivity index (χ4n) is 14.3. The molecule has 656 valence electrons. The maximum absolute atomic E-state index is 13.1. The van der Waals surface area contributed by atoms with E-state index in [1.165, 1.54) is 37.3 Å². The molecule has 17 rings (SSSR count). The predicted molar refractivity (Wildman–Crippen MR) is 422 cm³/mol. The molecular formula is C75H75Cl6F12N19O10. The normalized spacial score (nSPS) is 19.8. The highest BCUT2D eigenvalue weighted by molar-refractivity contribution is 6.36. The number of alkyl halides is 12. The summed E-state index contributed by atoms with van der Waals surface area (Å²) in [7, 11) is 0. The van der Waals surface area contributed by atoms with Gasteiger partial charge in [0, 0.05) is 107 Å². The zero-order valence-corrected chi connectivity index (χ0v) is 68.7. The number of likely N-dealkylation sites (tertiary alicyclic amines) is 1. The summed E-state index contributed by atoms with van der Waals surface area (Å²) in [6, 6.07) is 5.14. The summed E-state index contributed by atoms with van der Waals surface area (Å²) in [5.41, 5.74) is 1.12. The molecule has 4 saturated heterocycles. The van der Waals surface area contributed by atoms with Gasteiger partial charge in [-0.2, -0.15) is 52.7 Å². The Morgan fingerprint density at radius 1 is 0.451 bits per heavy atom. The van der Waals surface area contributed by atoms with Crippen LogP contribution in [0.2, 0.25) is 30.8 Å². The number of aliphatic hydroxyl groups excluding tert-OH is 6. The summed E-state index contributed by atoms with van der Waals surface area (Å²) in [5.74, 6) is 0.282. The average Bonchev–Trinajstić information content (AvgIpc) is 1.65. The van der Waals surface area contributed by atoms with E-state index in [0.717, 1.165) is 105 Å². The van der Waals surface area contributed by atoms with Gasteiger partial charge in [0.2, 0.25) is 0 Å². The number of nitrogens with zero attached hydrogens (tertiary/aromatic N) is 19. The van der Waals surface area contributed by atoms with E-state index in [1.807, 2.05) is 20.8 Å². The minimum absolute atomic E-state index is 0.00619. The van der Waals surface area contributed by atoms with Gasteiger partial charge >= 0.3 is 24.7 Å². The van der Waals surface area contributed by atoms with E-state index < -0.39 is 96.0 Å². The minimum Gasteiger partial charge on any atom is -0.394 e. The van der Waals surface area contributed by atoms with Crippen molar-refractivity contribution in [1.82, 2.24) is 92.1 Å². The molecule has 13 aromatic rings. The smallest absolute Gasteiger partial charge is 0.394 e. The molecule has 0 radical (unpaired) electrons. The van der Waals surface area contributed by atoms with E-state index in [0.29, 0.717) is 66.3 Å². The van der Waals surface area contributed by atoms with Gasteiger partial charge in [-0.3, -0.25) is 4.98 Å². The Bertz CT molecular complexity index is 5640. The standard InChI is InChI=1S/C13H8ClF3N4.C13H14ClF3N4.C13H13ClF3N3O.C13H15ClN2O4.C12H14ClN3O4.C11H11ClF3N3O/c14-11-10-9(13(15,16)17)6-21(12(10)20-7-19-11)5-8-1-3-18-4-2-8;14-11-10-9(13(15,16)17)7-21(12(10)19-8-18-11)6-5-20-3-1-2-4-20;14-11-10-9(13(15,16)17)6-20(12(10)19-7-18-11)5-8-1-3-21-4-2-8;1-6-4-16(12-9(6)7(14)2-3-15-12)13-11(19)10(18)8(5-17)20-13;1-5-2-16(11-7(5)10(13)14-4-15-11)12-9(19)8(18)6(3-17)20-12;1-2-3-19-6-18-4-7(11(13,14)15)8-9(12)16-5-17-10(8)18/h1-4,6-7H,5H2;7-8H,1-6H2;6-8H,1-5H2;2-4,8,10-11,13,17-19H,5H2,1H3;2,4,6,8-9,12,17-19H,3H2,1H3;4-5H,2-3,6H2,1H3/t;;;8-,10-,11-,13-;6-,8-,9-,12+;/m...11./s1. The van der Waals surface area contributed by atoms with Gasteiger partial charge in [0.15, 0.2) is 12.5 Å². The number of fused-ring (bicyclic) bond motifs is 6. The zero-order chi connectivity index (χ0) is 88.0. The third-order valence-corrected chi connectivity index (χ3v) is 21.9. The van der Waals surface area contributed by atoms with Gasteiger partial charge in [-0.15, -0.1) is 0 Å². The first-order chi connectivity index (χ1) is 57.9. The monoisotopic (exact) mass is 1840 g/mol. The SMILES string of the molecule is CCCOCn1cc(C(F)(F)F)c2c(Cl)ncnc21.Cc1cn([C@@H]2O[C@H](CO)[C@@H](O)[C@H]2O)c2nccc(Cl)c12.Cc1cn([C@H]2O[C@H](CO)[C@@H](O)[C@H]2O)c2ncnc(Cl)c12.FC(F)(F)c1cn(CC2CCOCC2)c2ncnc(Cl)c12.FC(F)(F)c1cn(CCN2CCCC2)c2ncnc(Cl)c12.FC(F)(F)c1cn(Cc2ccncc2)c2ncnc(Cl)c12. The Balaban J connectivity index is 0.000000134. The van der Waals surface area contributed by atoms with Gasteiger partial charge in [-0.1, -0.05) is 76.5 Å². The fraction of sp³-hybridized carbons (Fsp3) is 0.440. The van der Waals surface area contributed by atoms with Crippen molar-refractivity contribution >= 4 is 136 Å². The van der Waals surface area contributed by atoms with Crippen LogP contribution >= 0.6 is 69.6 Å². The minimum atomic E-state index is -4.52. The molecule has 8 atom stereocenters. The number of hydrogen-bond acceptors (Lipinski definition) is 23. The Labute approximate surface area is 713 Å². The number of hydrogen-bond donors (Lipinski definition) is 6. The summed E-state index contributed by atoms with van der Waals surface area (Å²) in [6.07, 6.45) is -2.78. The summed E-state index contributed by atoms with van der Waals surface area (Å²) in [5, 5.41) is 59.0. The molecule has 0 amide bonds. The summed E-state index contributed by atoms with van der Waals surface area (Å²) in [4.78, 5) is 48.7. The number of halogens is 18. The van der Waals surface area contributed by atoms with Crippen LogP contribution in [-0.2, 0) is 70.0 Å². The van der Waals surface area contributed by atoms with Crippen LogP contribution in [0.15, 0.2) is 106 Å². The number of rotatable bonds is 15. The number of aliphatic hydroxyl groups is 6. The maximum atomic E-state index is 13.1. The Morgan fingerprint density at radius 3 is 1.29 bits per heavy atom. The molecule has 0 aromatic carbocycles. The van der Waals surface area contributed by atoms with Gasteiger partial charge in [-0.25, -0.2) is 54.8 Å². The van der Waals surface area contributed by atoms with E-state index in [9.17, 15) is 73.1 Å². The first-order valence-electron chi connectivity index (χ1n) is 37.3. The second-order valence-corrected chi connectivity index (χ2v) is 30.5. The molecule has 0 unspecified atom stereocenters. The van der Waals surface area contributed by atoms with E-state index in [4.69, 9.17) is 98.8 Å². The van der Waals surface area contributed by atoms with Gasteiger partial charge in [0.25, 0.3) is 0 Å². The van der Waals surface area contributed by atoms with Crippen molar-refractivity contribution in [2.24, 2.45) is 5.92 Å². The number of ether oxygens (including phenoxy) is 4. The van der Waals surface area contributed by atoms with Crippen molar-refractivity contribution in [3.8, 4) is 0 Å². The molecule has 13 aromatic heterocycles. The molecule has 4 aliphatic rings. The lowest BCUT2D eigenvalue weighted by Crippen LogP contribution is -2.33. The lowest BCUT2D eigenvalue weighted by atomic mass is 10.0. The fourth-order valence-corrected chi connectivity index (χ4v) is 15.8. The van der Waals surface area contributed by atoms with Crippen molar-refractivity contribution in [3.05, 3.63) is 175 Å². The molecule has 29 nitrogen and oxygen atoms in total. The molecule has 4 aliphatic heterocycles. The predicted octanol–water partition coefficient (Wildman–Crippen LogP) is 14.4. The van der Waals surface area contributed by atoms with Crippen LogP contribution in [0.1, 0.15) is 90.4 Å². The van der Waals surface area contributed by atoms with Crippen molar-refractivity contribution in [2.45, 2.75) is 153 Å². The lowest BCUT2D eigenvalue weighted by molar-refractivity contribution is -0.137. The Morgan fingerprint density at radius 2 is 0.844 bits per heavy atom. The van der Waals surface area contributed by atoms with E-state index in [-0.39, 0.29) is 97.2 Å². The average molecular weight is 1840 g/mol. The van der Waals surface area contributed by atoms with Crippen LogP contribution in [0, 0.1) is 19.8 Å². The summed E-state index contributed by atoms with van der Waals surface area (Å²) in [6.45, 7) is 10.5. The molecule has 47 heteroatoms. The molecule has 0 bridgehead atoms. The largest absolute Gasteiger partial charge is 0.418 e. The molecular weight excluding hydrogens is 1770 g/mol. The van der Waals surface area contributed by atoms with Crippen LogP contribution in [0.4, 0.5) is 52.7 Å². The molecule has 6 N–H and O–H groups in total. The first kappa shape index (κ1) is 92.6. The van der Waals surface area contributed by atoms with Crippen LogP contribution in [-0.4, -0.2) is 212 Å². The van der Waals surface area contributed by atoms with Crippen LogP contribution in [0.25, 0.3) is 66.2 Å². The quantitative estimate of drug-likeness (QED) is 0.0315. The van der Waals surface area contributed by atoms with Crippen molar-refractivity contribution in [1.29, 1.82) is 0 Å². The van der Waals surface area contributed by atoms with Crippen molar-refractivity contribution < 1.29 is 102 Å². The maximum Gasteiger partial charge on any atom is 0.418 e. The molecule has 17 heterocycles. The number of pyridine rings is 2. The topological polar surface area (TPSA) is 346 Å². The molecule has 122 heavy (non-hydrogen) atoms. The van der Waals surface area contributed by atoms with Crippen molar-refractivity contribution in [3.63, 3.8) is 0 Å². The van der Waals surface area contributed by atoms with Gasteiger partial charge in [0.1, 0.15) is 135 Å². The highest BCUT2D eigenvalue weighted by atomic mass is 35.5. The number of aromatic nitrogens is 18. The number of aryl methyl sites for hydroxylation is 2. The van der Waals surface area contributed by atoms with Crippen LogP contribution in [0.3, 0.4) is 0 Å². The molecule has 4 fully saturated rings. The van der Waals surface area contributed by atoms with E-state index in [2.05, 4.69) is 64.7 Å². The Kier molecular flexibility index (Phi) is 29.8. The third kappa shape index (κ3) is 20.7. The highest BCUT2D eigenvalue weighted by Gasteiger charge is 2.47. The van der Waals surface area contributed by atoms with E-state index >= 15 is 0 Å². The van der Waals surface area contributed by atoms with Gasteiger partial charge in [0.05, 0.1) is 67.4 Å². The first-order valence-corrected chi connectivity index (χ1v) is 39.6. The Hall–Kier alpha value is -8.60. The highest BCUT2D eigenvalue weighted by Crippen LogP contribution is 2.44. The second-order valence-electron chi connectivity index (χ2n) is 28.3.